The molecule has 3 nitrogen and oxygen atoms in total. The molecule has 2 rings (SSSR count). The third kappa shape index (κ3) is 3.17. The molecule has 0 aliphatic carbocycles. The predicted molar refractivity (Wildman–Crippen MR) is 76.8 cm³/mol. The Kier molecular flexibility index (Phi) is 4.27. The molecule has 0 radical (unpaired) electrons. The molecule has 0 bridgehead atoms. The van der Waals surface area contributed by atoms with Gasteiger partial charge in [0.1, 0.15) is 10.9 Å². The molecule has 1 heterocycles. The first-order chi connectivity index (χ1) is 8.99. The zero-order chi connectivity index (χ0) is 14.0. The SMILES string of the molecule is Cc1nn(C)c(Cl)c1CC(=O)Cc1ccccc1Cl. The van der Waals surface area contributed by atoms with E-state index in [1.54, 1.807) is 17.8 Å². The van der Waals surface area contributed by atoms with Crippen molar-refractivity contribution in [3.63, 3.8) is 0 Å². The molecule has 19 heavy (non-hydrogen) atoms. The molecule has 5 heteroatoms. The van der Waals surface area contributed by atoms with E-state index in [-0.39, 0.29) is 12.2 Å². The van der Waals surface area contributed by atoms with Gasteiger partial charge in [-0.1, -0.05) is 41.4 Å². The molecule has 0 N–H and O–H groups in total. The molecule has 0 unspecified atom stereocenters. The molecule has 2 aromatic rings. The summed E-state index contributed by atoms with van der Waals surface area (Å²) in [5.74, 6) is 0.0751. The minimum absolute atomic E-state index is 0.0751. The van der Waals surface area contributed by atoms with Crippen molar-refractivity contribution in [1.29, 1.82) is 0 Å². The summed E-state index contributed by atoms with van der Waals surface area (Å²) in [4.78, 5) is 12.1. The van der Waals surface area contributed by atoms with Gasteiger partial charge in [-0.3, -0.25) is 9.48 Å². The number of aryl methyl sites for hydroxylation is 2. The molecule has 100 valence electrons. The molecule has 1 aromatic carbocycles. The lowest BCUT2D eigenvalue weighted by Gasteiger charge is -2.03. The minimum Gasteiger partial charge on any atom is -0.299 e. The summed E-state index contributed by atoms with van der Waals surface area (Å²) in [6.07, 6.45) is 0.591. The van der Waals surface area contributed by atoms with Gasteiger partial charge in [-0.25, -0.2) is 0 Å². The van der Waals surface area contributed by atoms with Crippen molar-refractivity contribution in [1.82, 2.24) is 9.78 Å². The Balaban J connectivity index is 2.12. The Hall–Kier alpha value is -1.32. The molecule has 0 aliphatic rings. The van der Waals surface area contributed by atoms with Crippen LogP contribution in [-0.2, 0) is 24.7 Å². The summed E-state index contributed by atoms with van der Waals surface area (Å²) in [7, 11) is 1.76. The van der Waals surface area contributed by atoms with E-state index in [2.05, 4.69) is 5.10 Å². The zero-order valence-corrected chi connectivity index (χ0v) is 12.3. The largest absolute Gasteiger partial charge is 0.299 e. The fourth-order valence-corrected chi connectivity index (χ4v) is 2.43. The van der Waals surface area contributed by atoms with Gasteiger partial charge in [0.15, 0.2) is 0 Å². The van der Waals surface area contributed by atoms with Crippen molar-refractivity contribution in [2.24, 2.45) is 7.05 Å². The molecular weight excluding hydrogens is 283 g/mol. The van der Waals surface area contributed by atoms with Crippen LogP contribution in [0.5, 0.6) is 0 Å². The lowest BCUT2D eigenvalue weighted by molar-refractivity contribution is -0.117. The summed E-state index contributed by atoms with van der Waals surface area (Å²) in [5.41, 5.74) is 2.42. The standard InChI is InChI=1S/C14H14Cl2N2O/c1-9-12(14(16)18(2)17-9)8-11(19)7-10-5-3-4-6-13(10)15/h3-6H,7-8H2,1-2H3. The fraction of sp³-hybridized carbons (Fsp3) is 0.286. The molecule has 0 aliphatic heterocycles. The number of benzene rings is 1. The van der Waals surface area contributed by atoms with Gasteiger partial charge in [-0.2, -0.15) is 5.10 Å². The quantitative estimate of drug-likeness (QED) is 0.867. The van der Waals surface area contributed by atoms with Gasteiger partial charge in [0.05, 0.1) is 5.69 Å². The molecule has 0 fully saturated rings. The van der Waals surface area contributed by atoms with Gasteiger partial charge in [0.25, 0.3) is 0 Å². The average molecular weight is 297 g/mol. The third-order valence-electron chi connectivity index (χ3n) is 2.99. The molecule has 1 aromatic heterocycles. The van der Waals surface area contributed by atoms with Crippen LogP contribution in [0.25, 0.3) is 0 Å². The maximum atomic E-state index is 12.1. The number of nitrogens with zero attached hydrogens (tertiary/aromatic N) is 2. The van der Waals surface area contributed by atoms with Crippen LogP contribution >= 0.6 is 23.2 Å². The maximum absolute atomic E-state index is 12.1. The van der Waals surface area contributed by atoms with Crippen LogP contribution in [0.3, 0.4) is 0 Å². The van der Waals surface area contributed by atoms with Crippen LogP contribution in [0.15, 0.2) is 24.3 Å². The number of hydrogen-bond acceptors (Lipinski definition) is 2. The van der Waals surface area contributed by atoms with Crippen molar-refractivity contribution in [3.8, 4) is 0 Å². The Morgan fingerprint density at radius 2 is 1.95 bits per heavy atom. The number of carbonyl (C=O) groups is 1. The first kappa shape index (κ1) is 14.1. The summed E-state index contributed by atoms with van der Waals surface area (Å²) in [5, 5.41) is 5.33. The second kappa shape index (κ2) is 5.76. The average Bonchev–Trinajstić information content (AvgIpc) is 2.59. The maximum Gasteiger partial charge on any atom is 0.141 e. The normalized spacial score (nSPS) is 10.7. The molecule has 0 saturated heterocycles. The summed E-state index contributed by atoms with van der Waals surface area (Å²) in [6.45, 7) is 1.85. The van der Waals surface area contributed by atoms with E-state index in [0.29, 0.717) is 16.6 Å². The van der Waals surface area contributed by atoms with E-state index in [9.17, 15) is 4.79 Å². The van der Waals surface area contributed by atoms with E-state index in [1.807, 2.05) is 25.1 Å². The number of carbonyl (C=O) groups excluding carboxylic acids is 1. The number of aromatic nitrogens is 2. The van der Waals surface area contributed by atoms with Crippen molar-refractivity contribution >= 4 is 29.0 Å². The second-order valence-electron chi connectivity index (χ2n) is 4.46. The third-order valence-corrected chi connectivity index (χ3v) is 3.83. The van der Waals surface area contributed by atoms with Gasteiger partial charge in [0.2, 0.25) is 0 Å². The smallest absolute Gasteiger partial charge is 0.141 e. The van der Waals surface area contributed by atoms with E-state index in [0.717, 1.165) is 16.8 Å². The van der Waals surface area contributed by atoms with E-state index in [4.69, 9.17) is 23.2 Å². The Labute approximate surface area is 122 Å². The number of Topliss-reactive ketones (excluding diaryl/α,β-unsaturated/α-hetero) is 1. The first-order valence-electron chi connectivity index (χ1n) is 5.92. The predicted octanol–water partition coefficient (Wildman–Crippen LogP) is 3.39. The van der Waals surface area contributed by atoms with Crippen molar-refractivity contribution in [2.45, 2.75) is 19.8 Å². The van der Waals surface area contributed by atoms with Crippen LogP contribution in [-0.4, -0.2) is 15.6 Å². The van der Waals surface area contributed by atoms with E-state index < -0.39 is 0 Å². The van der Waals surface area contributed by atoms with Crippen LogP contribution in [0.1, 0.15) is 16.8 Å². The van der Waals surface area contributed by atoms with Gasteiger partial charge in [0, 0.05) is 30.5 Å². The highest BCUT2D eigenvalue weighted by atomic mass is 35.5. The van der Waals surface area contributed by atoms with Gasteiger partial charge in [-0.05, 0) is 18.6 Å². The van der Waals surface area contributed by atoms with Gasteiger partial charge < -0.3 is 0 Å². The van der Waals surface area contributed by atoms with Crippen molar-refractivity contribution < 1.29 is 4.79 Å². The molecule has 0 saturated carbocycles. The second-order valence-corrected chi connectivity index (χ2v) is 5.23. The van der Waals surface area contributed by atoms with E-state index >= 15 is 0 Å². The Morgan fingerprint density at radius 3 is 2.53 bits per heavy atom. The topological polar surface area (TPSA) is 34.9 Å². The highest BCUT2D eigenvalue weighted by molar-refractivity contribution is 6.31. The summed E-state index contributed by atoms with van der Waals surface area (Å²) < 4.78 is 1.58. The molecule has 0 atom stereocenters. The Morgan fingerprint density at radius 1 is 1.26 bits per heavy atom. The van der Waals surface area contributed by atoms with Crippen LogP contribution in [0, 0.1) is 6.92 Å². The molecule has 0 amide bonds. The number of halogens is 2. The van der Waals surface area contributed by atoms with Gasteiger partial charge in [-0.15, -0.1) is 0 Å². The van der Waals surface area contributed by atoms with Gasteiger partial charge >= 0.3 is 0 Å². The molecular formula is C14H14Cl2N2O. The minimum atomic E-state index is 0.0751. The number of hydrogen-bond donors (Lipinski definition) is 0. The van der Waals surface area contributed by atoms with Crippen molar-refractivity contribution in [2.75, 3.05) is 0 Å². The highest BCUT2D eigenvalue weighted by Crippen LogP contribution is 2.21. The highest BCUT2D eigenvalue weighted by Gasteiger charge is 2.15. The lowest BCUT2D eigenvalue weighted by atomic mass is 10.0. The summed E-state index contributed by atoms with van der Waals surface area (Å²) >= 11 is 12.2. The molecule has 0 spiro atoms. The van der Waals surface area contributed by atoms with Crippen molar-refractivity contribution in [3.05, 3.63) is 51.3 Å². The van der Waals surface area contributed by atoms with Crippen LogP contribution < -0.4 is 0 Å². The summed E-state index contributed by atoms with van der Waals surface area (Å²) in [6, 6.07) is 7.36. The van der Waals surface area contributed by atoms with E-state index in [1.165, 1.54) is 0 Å². The van der Waals surface area contributed by atoms with Crippen LogP contribution in [0.2, 0.25) is 10.2 Å². The zero-order valence-electron chi connectivity index (χ0n) is 10.8. The first-order valence-corrected chi connectivity index (χ1v) is 6.67. The monoisotopic (exact) mass is 296 g/mol. The number of ketones is 1. The number of rotatable bonds is 4. The van der Waals surface area contributed by atoms with Crippen LogP contribution in [0.4, 0.5) is 0 Å². The fourth-order valence-electron chi connectivity index (χ4n) is 1.99. The Bertz CT molecular complexity index is 620. The lowest BCUT2D eigenvalue weighted by Crippen LogP contribution is -2.07.